The monoisotopic (exact) mass is 1820 g/mol. The summed E-state index contributed by atoms with van der Waals surface area (Å²) >= 11 is 0. The van der Waals surface area contributed by atoms with Crippen molar-refractivity contribution >= 4 is 101 Å². The third-order valence-corrected chi connectivity index (χ3v) is 23.1. The van der Waals surface area contributed by atoms with Gasteiger partial charge in [0.15, 0.2) is 5.78 Å². The first-order valence-electron chi connectivity index (χ1n) is 44.9. The Balaban J connectivity index is 1.13. The number of carbonyl (C=O) groups excluding carboxylic acids is 16. The Labute approximate surface area is 757 Å². The Morgan fingerprint density at radius 3 is 1.82 bits per heavy atom. The number of benzene rings is 1. The molecule has 1 saturated carbocycles. The Hall–Kier alpha value is -10.3. The van der Waals surface area contributed by atoms with Gasteiger partial charge in [-0.25, -0.2) is 14.4 Å². The van der Waals surface area contributed by atoms with E-state index < -0.39 is 196 Å². The lowest BCUT2D eigenvalue weighted by atomic mass is 9.89. The highest BCUT2D eigenvalue weighted by Crippen LogP contribution is 2.52. The van der Waals surface area contributed by atoms with Crippen LogP contribution in [0.25, 0.3) is 0 Å². The fraction of sp³-hybridized carbons (Fsp3) is 0.722. The van der Waals surface area contributed by atoms with Crippen molar-refractivity contribution in [3.63, 3.8) is 0 Å². The highest BCUT2D eigenvalue weighted by molar-refractivity contribution is 5.94. The molecule has 2 fully saturated rings. The van der Waals surface area contributed by atoms with Crippen molar-refractivity contribution in [2.75, 3.05) is 141 Å². The molecular weight excluding hydrogens is 1680 g/mol. The summed E-state index contributed by atoms with van der Waals surface area (Å²) in [5, 5.41) is 35.0. The molecule has 1 aromatic rings. The number of fused-ring (bicyclic) bond motifs is 1. The van der Waals surface area contributed by atoms with Crippen LogP contribution in [0.2, 0.25) is 0 Å². The number of likely N-dealkylation sites (tertiary alicyclic amines) is 1. The number of alkyl carbamates (subject to hydrolysis) is 1. The molecule has 1 aromatic carbocycles. The normalized spacial score (nSPS) is 17.6. The lowest BCUT2D eigenvalue weighted by Crippen LogP contribution is -2.59. The van der Waals surface area contributed by atoms with Gasteiger partial charge in [-0.1, -0.05) is 85.2 Å². The number of hydrogen-bond donors (Lipinski definition) is 11. The van der Waals surface area contributed by atoms with E-state index in [9.17, 15) is 86.6 Å². The van der Waals surface area contributed by atoms with Crippen LogP contribution in [-0.2, 0) is 121 Å². The third-order valence-electron chi connectivity index (χ3n) is 23.1. The van der Waals surface area contributed by atoms with Crippen molar-refractivity contribution in [1.82, 2.24) is 67.9 Å². The van der Waals surface area contributed by atoms with Gasteiger partial charge in [0, 0.05) is 125 Å². The van der Waals surface area contributed by atoms with E-state index in [-0.39, 0.29) is 138 Å². The van der Waals surface area contributed by atoms with Crippen LogP contribution in [0.1, 0.15) is 177 Å². The number of esters is 2. The highest BCUT2D eigenvalue weighted by atomic mass is 16.6. The van der Waals surface area contributed by atoms with Gasteiger partial charge in [0.2, 0.25) is 65.0 Å². The molecule has 39 nitrogen and oxygen atoms in total. The first-order valence-corrected chi connectivity index (χ1v) is 44.9. The van der Waals surface area contributed by atoms with Gasteiger partial charge >= 0.3 is 24.0 Å². The summed E-state index contributed by atoms with van der Waals surface area (Å²) in [6.45, 7) is 13.5. The number of ketones is 2. The highest BCUT2D eigenvalue weighted by Gasteiger charge is 2.50. The van der Waals surface area contributed by atoms with Gasteiger partial charge in [0.1, 0.15) is 36.6 Å². The van der Waals surface area contributed by atoms with E-state index in [2.05, 4.69) is 65.0 Å². The van der Waals surface area contributed by atoms with Gasteiger partial charge in [0.25, 0.3) is 0 Å². The summed E-state index contributed by atoms with van der Waals surface area (Å²) in [5.41, 5.74) is 0.738. The molecule has 724 valence electrons. The van der Waals surface area contributed by atoms with Crippen molar-refractivity contribution in [2.24, 2.45) is 47.3 Å². The molecule has 1 heterocycles. The van der Waals surface area contributed by atoms with Gasteiger partial charge < -0.3 is 106 Å². The number of aliphatic carboxylic acids is 1. The number of likely N-dealkylation sites (N-methyl/N-ethyl adjacent to an activating group) is 2. The maximum absolute atomic E-state index is 14.6. The molecule has 12 amide bonds. The summed E-state index contributed by atoms with van der Waals surface area (Å²) in [7, 11) is 9.66. The number of carboxylic acid groups (broad SMARTS) is 1. The van der Waals surface area contributed by atoms with Crippen LogP contribution in [0, 0.1) is 59.2 Å². The SMILES string of the molecule is CC[C@H](C)[C@@H]([C@@H](CC(=O)N1CCC[C@H]1[C@H](OC)[C@@H](C)C(=O)N[C@@H](Cc1ccccc1)C(=O)NCCCOC(=O)[C@H](C)NC(=O)CC[C@H](NC(=O)CCNC(=O)OC[C@H](CC(=O)CNC(=O)CNC(=O)CNC(=O)CCC(=O)CCOCCOCCCC(=O)OCC1[C@H]2CCC#CCC[C@@H]12)C(=O)NCCOC)C(=O)O)OC)N(C)C(=O)[C@@H](NC(=O)[C@H](C(C)C)N(C)C)C(C)C. The zero-order chi connectivity index (χ0) is 95.7. The van der Waals surface area contributed by atoms with Gasteiger partial charge in [0.05, 0.1) is 108 Å². The number of carbonyl (C=O) groups is 17. The first-order chi connectivity index (χ1) is 61.5. The minimum absolute atomic E-state index is 0.00859. The standard InChI is InChI=1S/C90H143N13O26/c1-15-58(6)81(102(11)87(117)79(56(2)3)100-86(116)80(57(4)5)101(9)10)71(123-13)50-77(111)103-41-23-30-70(103)82(124-14)59(7)83(113)99-69(48-61-26-19-18-20-27-61)85(115)91-38-25-43-127-89(120)60(8)97-73(107)35-33-68(88(118)119)98-74(108)36-39-93-90(121)129-54-62(84(114)92-40-45-122-12)49-64(105)51-94-75(109)53-96-76(110)52-95-72(106)34-32-63(104)37-44-126-47-46-125-42-24-31-78(112)128-55-67-65-28-21-16-17-22-29-66(65)67/h18-20,26-27,56-60,62,65-71,79-82H,15,21-25,28-55H2,1-14H3,(H,91,115)(H,92,114)(H,93,121)(H,94,109)(H,95,106)(H,96,110)(H,97,107)(H,98,108)(H,99,113)(H,100,116)(H,118,119)/t58-,59+,60-,62-,65-,66+,67?,68-,69-,70-,71+,79-,80-,81-,82+/m0/s1. The van der Waals surface area contributed by atoms with Crippen LogP contribution in [0.3, 0.4) is 0 Å². The minimum Gasteiger partial charge on any atom is -0.480 e. The topological polar surface area (TPSA) is 514 Å². The number of carboxylic acids is 1. The summed E-state index contributed by atoms with van der Waals surface area (Å²) in [6, 6.07) is 2.65. The van der Waals surface area contributed by atoms with Crippen molar-refractivity contribution in [1.29, 1.82) is 0 Å². The summed E-state index contributed by atoms with van der Waals surface area (Å²) in [4.78, 5) is 228. The molecule has 11 N–H and O–H groups in total. The number of nitrogens with one attached hydrogen (secondary N) is 10. The number of methoxy groups -OCH3 is 3. The minimum atomic E-state index is -1.59. The van der Waals surface area contributed by atoms with Crippen molar-refractivity contribution in [3.05, 3.63) is 35.9 Å². The number of Topliss-reactive ketones (excluding diaryl/α,β-unsaturated/α-hetero) is 2. The molecule has 1 saturated heterocycles. The predicted octanol–water partition coefficient (Wildman–Crippen LogP) is 1.60. The lowest BCUT2D eigenvalue weighted by Gasteiger charge is -2.41. The molecule has 2 aliphatic carbocycles. The van der Waals surface area contributed by atoms with Crippen LogP contribution >= 0.6 is 0 Å². The molecule has 3 aliphatic rings. The molecule has 0 spiro atoms. The zero-order valence-electron chi connectivity index (χ0n) is 77.7. The summed E-state index contributed by atoms with van der Waals surface area (Å²) in [5.74, 6) is -4.49. The molecule has 1 unspecified atom stereocenters. The molecule has 39 heteroatoms. The number of ether oxygens (including phenoxy) is 8. The van der Waals surface area contributed by atoms with Gasteiger partial charge in [-0.2, -0.15) is 0 Å². The largest absolute Gasteiger partial charge is 0.480 e. The number of rotatable bonds is 64. The maximum Gasteiger partial charge on any atom is 0.407 e. The van der Waals surface area contributed by atoms with E-state index >= 15 is 0 Å². The Morgan fingerprint density at radius 1 is 0.558 bits per heavy atom. The third kappa shape index (κ3) is 41.6. The van der Waals surface area contributed by atoms with E-state index in [4.69, 9.17) is 37.9 Å². The van der Waals surface area contributed by atoms with Gasteiger partial charge in [-0.05, 0) is 107 Å². The zero-order valence-corrected chi connectivity index (χ0v) is 77.7. The number of hydrogen-bond acceptors (Lipinski definition) is 26. The fourth-order valence-corrected chi connectivity index (χ4v) is 15.7. The Morgan fingerprint density at radius 2 is 1.20 bits per heavy atom. The van der Waals surface area contributed by atoms with Crippen molar-refractivity contribution in [2.45, 2.75) is 232 Å². The lowest BCUT2D eigenvalue weighted by molar-refractivity contribution is -0.148. The van der Waals surface area contributed by atoms with Crippen LogP contribution in [0.4, 0.5) is 4.79 Å². The second kappa shape index (κ2) is 60.6. The second-order valence-corrected chi connectivity index (χ2v) is 33.9. The molecule has 129 heavy (non-hydrogen) atoms. The summed E-state index contributed by atoms with van der Waals surface area (Å²) < 4.78 is 44.1. The fourth-order valence-electron chi connectivity index (χ4n) is 15.7. The predicted molar refractivity (Wildman–Crippen MR) is 471 cm³/mol. The van der Waals surface area contributed by atoms with Gasteiger partial charge in [-0.3, -0.25) is 72.0 Å². The molecular formula is C90H143N13O26. The summed E-state index contributed by atoms with van der Waals surface area (Å²) in [6.07, 6.45) is 1.70. The van der Waals surface area contributed by atoms with Crippen molar-refractivity contribution in [3.8, 4) is 11.8 Å². The molecule has 0 radical (unpaired) electrons. The van der Waals surface area contributed by atoms with Crippen LogP contribution in [0.5, 0.6) is 0 Å². The van der Waals surface area contributed by atoms with Crippen LogP contribution < -0.4 is 53.2 Å². The van der Waals surface area contributed by atoms with E-state index in [1.807, 2.05) is 66.6 Å². The van der Waals surface area contributed by atoms with E-state index in [0.29, 0.717) is 63.2 Å². The average molecular weight is 1820 g/mol. The molecule has 1 aliphatic heterocycles. The second-order valence-electron chi connectivity index (χ2n) is 33.9. The molecule has 0 bridgehead atoms. The van der Waals surface area contributed by atoms with Crippen molar-refractivity contribution < 1.29 is 125 Å². The van der Waals surface area contributed by atoms with Crippen LogP contribution in [-0.4, -0.2) is 316 Å². The number of amides is 12. The Kier molecular flexibility index (Phi) is 52.2. The molecule has 15 atom stereocenters. The molecule has 4 rings (SSSR count). The van der Waals surface area contributed by atoms with E-state index in [0.717, 1.165) is 31.2 Å². The smallest absolute Gasteiger partial charge is 0.407 e. The van der Waals surface area contributed by atoms with E-state index in [1.54, 1.807) is 48.0 Å². The maximum atomic E-state index is 14.6. The Bertz CT molecular complexity index is 3840. The van der Waals surface area contributed by atoms with Crippen LogP contribution in [0.15, 0.2) is 30.3 Å². The molecule has 0 aromatic heterocycles. The first kappa shape index (κ1) is 111. The quantitative estimate of drug-likeness (QED) is 0.0191. The van der Waals surface area contributed by atoms with E-state index in [1.165, 1.54) is 28.3 Å². The number of nitrogens with zero attached hydrogens (tertiary/aromatic N) is 3. The average Bonchev–Trinajstić information content (AvgIpc) is 1.63. The van der Waals surface area contributed by atoms with Gasteiger partial charge in [-0.15, -0.1) is 11.8 Å².